The van der Waals surface area contributed by atoms with Crippen LogP contribution in [0.1, 0.15) is 49.9 Å². The lowest BCUT2D eigenvalue weighted by molar-refractivity contribution is 0.101. The van der Waals surface area contributed by atoms with Crippen LogP contribution in [0, 0.1) is 11.7 Å². The Bertz CT molecular complexity index is 450. The summed E-state index contributed by atoms with van der Waals surface area (Å²) in [5.41, 5.74) is 1.01. The number of ketones is 1. The van der Waals surface area contributed by atoms with Gasteiger partial charge in [0.05, 0.1) is 5.69 Å². The minimum atomic E-state index is -0.276. The second-order valence-corrected chi connectivity index (χ2v) is 5.41. The summed E-state index contributed by atoms with van der Waals surface area (Å²) in [4.78, 5) is 13.7. The molecular formula is C16H22FNO. The molecular weight excluding hydrogens is 241 g/mol. The third-order valence-corrected chi connectivity index (χ3v) is 3.99. The number of carbonyl (C=O) groups excluding carboxylic acids is 1. The van der Waals surface area contributed by atoms with E-state index in [0.717, 1.165) is 31.8 Å². The van der Waals surface area contributed by atoms with Gasteiger partial charge >= 0.3 is 0 Å². The van der Waals surface area contributed by atoms with Gasteiger partial charge in [0.1, 0.15) is 5.82 Å². The number of rotatable bonds is 4. The molecule has 1 heterocycles. The van der Waals surface area contributed by atoms with E-state index in [1.165, 1.54) is 25.8 Å². The largest absolute Gasteiger partial charge is 0.369 e. The molecule has 1 aliphatic rings. The Labute approximate surface area is 114 Å². The number of Topliss-reactive ketones (excluding diaryl/α,β-unsaturated/α-hetero) is 1. The fourth-order valence-corrected chi connectivity index (χ4v) is 2.97. The number of benzene rings is 1. The van der Waals surface area contributed by atoms with Gasteiger partial charge in [0.15, 0.2) is 5.78 Å². The van der Waals surface area contributed by atoms with Crippen LogP contribution >= 0.6 is 0 Å². The first-order chi connectivity index (χ1) is 9.13. The van der Waals surface area contributed by atoms with Gasteiger partial charge in [-0.2, -0.15) is 0 Å². The van der Waals surface area contributed by atoms with E-state index in [9.17, 15) is 9.18 Å². The van der Waals surface area contributed by atoms with Gasteiger partial charge in [-0.3, -0.25) is 4.79 Å². The van der Waals surface area contributed by atoms with Crippen molar-refractivity contribution in [1.82, 2.24) is 0 Å². The Morgan fingerprint density at radius 3 is 2.63 bits per heavy atom. The summed E-state index contributed by atoms with van der Waals surface area (Å²) >= 11 is 0. The Hall–Kier alpha value is -1.38. The average molecular weight is 263 g/mol. The summed E-state index contributed by atoms with van der Waals surface area (Å²) in [6.07, 6.45) is 4.66. The van der Waals surface area contributed by atoms with E-state index in [1.807, 2.05) is 4.90 Å². The predicted molar refractivity (Wildman–Crippen MR) is 76.2 cm³/mol. The molecule has 1 fully saturated rings. The third kappa shape index (κ3) is 3.14. The molecule has 0 aliphatic carbocycles. The van der Waals surface area contributed by atoms with E-state index < -0.39 is 0 Å². The zero-order chi connectivity index (χ0) is 13.8. The van der Waals surface area contributed by atoms with Crippen molar-refractivity contribution < 1.29 is 9.18 Å². The third-order valence-electron chi connectivity index (χ3n) is 3.99. The first kappa shape index (κ1) is 14.0. The summed E-state index contributed by atoms with van der Waals surface area (Å²) in [6, 6.07) is 4.78. The maximum Gasteiger partial charge on any atom is 0.161 e. The van der Waals surface area contributed by atoms with E-state index in [1.54, 1.807) is 12.1 Å². The number of hydrogen-bond acceptors (Lipinski definition) is 2. The Morgan fingerprint density at radius 1 is 1.37 bits per heavy atom. The number of hydrogen-bond donors (Lipinski definition) is 0. The molecule has 3 heteroatoms. The molecule has 2 nitrogen and oxygen atoms in total. The first-order valence-corrected chi connectivity index (χ1v) is 7.18. The quantitative estimate of drug-likeness (QED) is 0.764. The molecule has 0 amide bonds. The van der Waals surface area contributed by atoms with Crippen LogP contribution in [0.15, 0.2) is 18.2 Å². The van der Waals surface area contributed by atoms with Crippen LogP contribution in [-0.4, -0.2) is 18.9 Å². The lowest BCUT2D eigenvalue weighted by Gasteiger charge is -2.34. The number of carbonyl (C=O) groups is 1. The summed E-state index contributed by atoms with van der Waals surface area (Å²) in [6.45, 7) is 5.41. The molecule has 0 unspecified atom stereocenters. The van der Waals surface area contributed by atoms with E-state index in [2.05, 4.69) is 6.92 Å². The van der Waals surface area contributed by atoms with Crippen molar-refractivity contribution in [3.8, 4) is 0 Å². The number of halogens is 1. The topological polar surface area (TPSA) is 20.3 Å². The maximum absolute atomic E-state index is 14.0. The van der Waals surface area contributed by atoms with Crippen LogP contribution in [-0.2, 0) is 0 Å². The summed E-state index contributed by atoms with van der Waals surface area (Å²) in [5.74, 6) is 0.417. The Kier molecular flexibility index (Phi) is 4.56. The highest BCUT2D eigenvalue weighted by Crippen LogP contribution is 2.30. The zero-order valence-corrected chi connectivity index (χ0v) is 11.8. The van der Waals surface area contributed by atoms with Gasteiger partial charge in [0.2, 0.25) is 0 Å². The second kappa shape index (κ2) is 6.18. The minimum Gasteiger partial charge on any atom is -0.369 e. The molecule has 104 valence electrons. The van der Waals surface area contributed by atoms with Crippen LogP contribution in [0.3, 0.4) is 0 Å². The molecule has 0 saturated carbocycles. The lowest BCUT2D eigenvalue weighted by Crippen LogP contribution is -2.35. The number of nitrogens with zero attached hydrogens (tertiary/aromatic N) is 1. The predicted octanol–water partition coefficient (Wildman–Crippen LogP) is 4.04. The average Bonchev–Trinajstić information content (AvgIpc) is 2.40. The van der Waals surface area contributed by atoms with Gasteiger partial charge in [-0.05, 0) is 37.8 Å². The van der Waals surface area contributed by atoms with Gasteiger partial charge in [-0.1, -0.05) is 25.8 Å². The Morgan fingerprint density at radius 2 is 2.05 bits per heavy atom. The normalized spacial score (nSPS) is 16.7. The molecule has 0 radical (unpaired) electrons. The molecule has 0 spiro atoms. The van der Waals surface area contributed by atoms with E-state index in [4.69, 9.17) is 0 Å². The Balaban J connectivity index is 2.17. The molecule has 0 aromatic heterocycles. The molecule has 1 aromatic rings. The van der Waals surface area contributed by atoms with Gasteiger partial charge in [-0.25, -0.2) is 4.39 Å². The first-order valence-electron chi connectivity index (χ1n) is 7.18. The fraction of sp³-hybridized carbons (Fsp3) is 0.562. The van der Waals surface area contributed by atoms with Gasteiger partial charge < -0.3 is 4.90 Å². The molecule has 0 bridgehead atoms. The van der Waals surface area contributed by atoms with Crippen molar-refractivity contribution in [3.63, 3.8) is 0 Å². The number of para-hydroxylation sites is 1. The van der Waals surface area contributed by atoms with Crippen LogP contribution in [0.4, 0.5) is 10.1 Å². The SMILES string of the molecule is CCCC1CCN(c2c(F)cccc2C(C)=O)CC1. The van der Waals surface area contributed by atoms with Gasteiger partial charge in [0.25, 0.3) is 0 Å². The molecule has 2 rings (SSSR count). The summed E-state index contributed by atoms with van der Waals surface area (Å²) < 4.78 is 14.0. The van der Waals surface area contributed by atoms with Gasteiger partial charge in [-0.15, -0.1) is 0 Å². The summed E-state index contributed by atoms with van der Waals surface area (Å²) in [5, 5.41) is 0. The molecule has 1 saturated heterocycles. The van der Waals surface area contributed by atoms with Crippen molar-refractivity contribution >= 4 is 11.5 Å². The monoisotopic (exact) mass is 263 g/mol. The molecule has 0 N–H and O–H groups in total. The second-order valence-electron chi connectivity index (χ2n) is 5.41. The van der Waals surface area contributed by atoms with Crippen LogP contribution in [0.2, 0.25) is 0 Å². The van der Waals surface area contributed by atoms with Crippen molar-refractivity contribution in [2.75, 3.05) is 18.0 Å². The molecule has 1 aliphatic heterocycles. The van der Waals surface area contributed by atoms with Crippen molar-refractivity contribution in [2.45, 2.75) is 39.5 Å². The zero-order valence-electron chi connectivity index (χ0n) is 11.8. The molecule has 1 aromatic carbocycles. The van der Waals surface area contributed by atoms with E-state index >= 15 is 0 Å². The smallest absolute Gasteiger partial charge is 0.161 e. The standard InChI is InChI=1S/C16H22FNO/c1-3-5-13-8-10-18(11-9-13)16-14(12(2)19)6-4-7-15(16)17/h4,6-7,13H,3,5,8-11H2,1-2H3. The highest BCUT2D eigenvalue weighted by Gasteiger charge is 2.23. The highest BCUT2D eigenvalue weighted by molar-refractivity contribution is 5.99. The fourth-order valence-electron chi connectivity index (χ4n) is 2.97. The van der Waals surface area contributed by atoms with Crippen LogP contribution in [0.25, 0.3) is 0 Å². The van der Waals surface area contributed by atoms with E-state index in [0.29, 0.717) is 11.3 Å². The summed E-state index contributed by atoms with van der Waals surface area (Å²) in [7, 11) is 0. The molecule has 19 heavy (non-hydrogen) atoms. The van der Waals surface area contributed by atoms with Crippen molar-refractivity contribution in [2.24, 2.45) is 5.92 Å². The van der Waals surface area contributed by atoms with E-state index in [-0.39, 0.29) is 11.6 Å². The highest BCUT2D eigenvalue weighted by atomic mass is 19.1. The van der Waals surface area contributed by atoms with Crippen molar-refractivity contribution in [1.29, 1.82) is 0 Å². The lowest BCUT2D eigenvalue weighted by atomic mass is 9.92. The van der Waals surface area contributed by atoms with Crippen LogP contribution < -0.4 is 4.90 Å². The van der Waals surface area contributed by atoms with Crippen molar-refractivity contribution in [3.05, 3.63) is 29.6 Å². The maximum atomic E-state index is 14.0. The number of piperidine rings is 1. The molecule has 0 atom stereocenters. The minimum absolute atomic E-state index is 0.0646. The van der Waals surface area contributed by atoms with Gasteiger partial charge in [0, 0.05) is 18.7 Å². The number of anilines is 1. The van der Waals surface area contributed by atoms with Crippen LogP contribution in [0.5, 0.6) is 0 Å².